The SMILES string of the molecule is CC(C)c1ccc(-c2c(C#N)c(N)nc(SCCC(=O)Nc3nc(-c4ccc(Cl)c(Cl)c4)cs3)c2C#N)cc1. The van der Waals surface area contributed by atoms with Crippen LogP contribution in [0.1, 0.15) is 42.9 Å². The number of thiazole rings is 1. The Morgan fingerprint density at radius 2 is 1.74 bits per heavy atom. The van der Waals surface area contributed by atoms with Crippen molar-refractivity contribution in [3.63, 3.8) is 0 Å². The van der Waals surface area contributed by atoms with Crippen molar-refractivity contribution in [2.24, 2.45) is 0 Å². The summed E-state index contributed by atoms with van der Waals surface area (Å²) >= 11 is 14.6. The van der Waals surface area contributed by atoms with Gasteiger partial charge in [-0.1, -0.05) is 67.4 Å². The molecule has 0 fully saturated rings. The molecule has 4 aromatic rings. The molecule has 0 aliphatic carbocycles. The number of rotatable bonds is 8. The molecule has 0 aliphatic heterocycles. The fourth-order valence-electron chi connectivity index (χ4n) is 3.77. The van der Waals surface area contributed by atoms with Gasteiger partial charge in [0, 0.05) is 28.7 Å². The Labute approximate surface area is 244 Å². The molecule has 11 heteroatoms. The number of nitrogens with two attached hydrogens (primary N) is 1. The first kappa shape index (κ1) is 28.4. The monoisotopic (exact) mass is 592 g/mol. The number of nitrogens with one attached hydrogen (secondary N) is 1. The average molecular weight is 594 g/mol. The van der Waals surface area contributed by atoms with Crippen molar-refractivity contribution in [2.45, 2.75) is 31.2 Å². The molecule has 1 amide bonds. The first-order valence-electron chi connectivity index (χ1n) is 11.8. The number of thioether (sulfide) groups is 1. The molecule has 0 aliphatic rings. The van der Waals surface area contributed by atoms with Crippen LogP contribution in [0.2, 0.25) is 10.0 Å². The number of hydrogen-bond acceptors (Lipinski definition) is 8. The summed E-state index contributed by atoms with van der Waals surface area (Å²) in [6.45, 7) is 4.18. The summed E-state index contributed by atoms with van der Waals surface area (Å²) in [6.07, 6.45) is 0.150. The van der Waals surface area contributed by atoms with Gasteiger partial charge in [-0.2, -0.15) is 10.5 Å². The van der Waals surface area contributed by atoms with Gasteiger partial charge in [0.2, 0.25) is 5.91 Å². The zero-order chi connectivity index (χ0) is 28.1. The zero-order valence-corrected chi connectivity index (χ0v) is 24.1. The van der Waals surface area contributed by atoms with Crippen LogP contribution < -0.4 is 11.1 Å². The van der Waals surface area contributed by atoms with Crippen LogP contribution >= 0.6 is 46.3 Å². The van der Waals surface area contributed by atoms with E-state index in [1.807, 2.05) is 35.7 Å². The highest BCUT2D eigenvalue weighted by molar-refractivity contribution is 7.99. The lowest BCUT2D eigenvalue weighted by Crippen LogP contribution is -2.12. The number of anilines is 2. The number of nitrogen functional groups attached to an aromatic ring is 1. The van der Waals surface area contributed by atoms with E-state index in [0.717, 1.165) is 11.1 Å². The minimum atomic E-state index is -0.234. The molecule has 196 valence electrons. The average Bonchev–Trinajstić information content (AvgIpc) is 3.38. The summed E-state index contributed by atoms with van der Waals surface area (Å²) < 4.78 is 0. The van der Waals surface area contributed by atoms with E-state index in [9.17, 15) is 15.3 Å². The number of benzene rings is 2. The van der Waals surface area contributed by atoms with Crippen LogP contribution in [0, 0.1) is 22.7 Å². The number of carbonyl (C=O) groups is 1. The summed E-state index contributed by atoms with van der Waals surface area (Å²) in [6, 6.07) is 17.2. The van der Waals surface area contributed by atoms with Gasteiger partial charge < -0.3 is 11.1 Å². The van der Waals surface area contributed by atoms with Crippen LogP contribution in [0.3, 0.4) is 0 Å². The fraction of sp³-hybridized carbons (Fsp3) is 0.179. The van der Waals surface area contributed by atoms with Gasteiger partial charge in [-0.3, -0.25) is 4.79 Å². The van der Waals surface area contributed by atoms with E-state index < -0.39 is 0 Å². The number of hydrogen-bond donors (Lipinski definition) is 2. The third kappa shape index (κ3) is 6.52. The van der Waals surface area contributed by atoms with Gasteiger partial charge in [0.25, 0.3) is 0 Å². The zero-order valence-electron chi connectivity index (χ0n) is 21.0. The van der Waals surface area contributed by atoms with E-state index in [4.69, 9.17) is 28.9 Å². The first-order valence-corrected chi connectivity index (χ1v) is 14.4. The fourth-order valence-corrected chi connectivity index (χ4v) is 5.74. The molecule has 2 aromatic carbocycles. The molecule has 0 unspecified atom stereocenters. The second kappa shape index (κ2) is 12.5. The highest BCUT2D eigenvalue weighted by Crippen LogP contribution is 2.36. The molecular formula is C28H22Cl2N6OS2. The largest absolute Gasteiger partial charge is 0.383 e. The number of aromatic nitrogens is 2. The van der Waals surface area contributed by atoms with Gasteiger partial charge >= 0.3 is 0 Å². The predicted molar refractivity (Wildman–Crippen MR) is 159 cm³/mol. The lowest BCUT2D eigenvalue weighted by molar-refractivity contribution is -0.115. The Bertz CT molecular complexity index is 1620. The van der Waals surface area contributed by atoms with Gasteiger partial charge in [-0.25, -0.2) is 9.97 Å². The Balaban J connectivity index is 1.47. The molecule has 0 bridgehead atoms. The van der Waals surface area contributed by atoms with Gasteiger partial charge in [0.15, 0.2) is 5.13 Å². The molecule has 3 N–H and O–H groups in total. The third-order valence-corrected chi connectivity index (χ3v) is 8.29. The Morgan fingerprint density at radius 3 is 2.38 bits per heavy atom. The van der Waals surface area contributed by atoms with Gasteiger partial charge in [-0.15, -0.1) is 23.1 Å². The summed E-state index contributed by atoms with van der Waals surface area (Å²) in [5.74, 6) is 0.498. The summed E-state index contributed by atoms with van der Waals surface area (Å²) in [5.41, 5.74) is 10.3. The maximum absolute atomic E-state index is 12.6. The second-order valence-corrected chi connectivity index (χ2v) is 11.5. The van der Waals surface area contributed by atoms with Crippen molar-refractivity contribution in [3.8, 4) is 34.5 Å². The Kier molecular flexibility index (Phi) is 9.11. The summed E-state index contributed by atoms with van der Waals surface area (Å²) in [5, 5.41) is 26.1. The highest BCUT2D eigenvalue weighted by Gasteiger charge is 2.21. The highest BCUT2D eigenvalue weighted by atomic mass is 35.5. The van der Waals surface area contributed by atoms with Crippen LogP contribution in [-0.2, 0) is 4.79 Å². The minimum Gasteiger partial charge on any atom is -0.383 e. The van der Waals surface area contributed by atoms with Crippen molar-refractivity contribution >= 4 is 63.2 Å². The number of nitriles is 2. The van der Waals surface area contributed by atoms with Gasteiger partial charge in [0.05, 0.1) is 21.3 Å². The van der Waals surface area contributed by atoms with E-state index in [1.54, 1.807) is 12.1 Å². The molecule has 0 saturated carbocycles. The molecular weight excluding hydrogens is 571 g/mol. The lowest BCUT2D eigenvalue weighted by atomic mass is 9.94. The molecule has 7 nitrogen and oxygen atoms in total. The van der Waals surface area contributed by atoms with Crippen molar-refractivity contribution in [2.75, 3.05) is 16.8 Å². The summed E-state index contributed by atoms with van der Waals surface area (Å²) in [4.78, 5) is 21.4. The van der Waals surface area contributed by atoms with Crippen LogP contribution in [-0.4, -0.2) is 21.6 Å². The lowest BCUT2D eigenvalue weighted by Gasteiger charge is -2.14. The van der Waals surface area contributed by atoms with Crippen molar-refractivity contribution in [1.82, 2.24) is 9.97 Å². The van der Waals surface area contributed by atoms with Crippen LogP contribution in [0.25, 0.3) is 22.4 Å². The molecule has 0 atom stereocenters. The molecule has 0 spiro atoms. The minimum absolute atomic E-state index is 0.0454. The number of nitrogens with zero attached hydrogens (tertiary/aromatic N) is 4. The van der Waals surface area contributed by atoms with E-state index >= 15 is 0 Å². The predicted octanol–water partition coefficient (Wildman–Crippen LogP) is 7.75. The number of carbonyl (C=O) groups excluding carboxylic acids is 1. The smallest absolute Gasteiger partial charge is 0.226 e. The normalized spacial score (nSPS) is 10.7. The molecule has 39 heavy (non-hydrogen) atoms. The third-order valence-electron chi connectivity index (χ3n) is 5.82. The Morgan fingerprint density at radius 1 is 1.05 bits per heavy atom. The van der Waals surface area contributed by atoms with Gasteiger partial charge in [-0.05, 0) is 29.2 Å². The van der Waals surface area contributed by atoms with Crippen LogP contribution in [0.4, 0.5) is 10.9 Å². The molecule has 0 radical (unpaired) electrons. The molecule has 0 saturated heterocycles. The van der Waals surface area contributed by atoms with Crippen molar-refractivity contribution in [3.05, 3.63) is 74.6 Å². The standard InChI is InChI=1S/C28H22Cl2N6OS2/c1-15(2)16-3-5-17(6-4-16)25-19(12-31)26(33)36-27(20(25)13-32)38-10-9-24(37)35-28-34-23(14-39-28)18-7-8-21(29)22(30)11-18/h3-8,11,14-15H,9-10H2,1-2H3,(H2,33,36)(H,34,35,37). The number of halogens is 2. The van der Waals surface area contributed by atoms with Crippen molar-refractivity contribution in [1.29, 1.82) is 10.5 Å². The maximum Gasteiger partial charge on any atom is 0.226 e. The number of pyridine rings is 1. The first-order chi connectivity index (χ1) is 18.7. The molecule has 4 rings (SSSR count). The summed E-state index contributed by atoms with van der Waals surface area (Å²) in [7, 11) is 0. The van der Waals surface area contributed by atoms with Crippen LogP contribution in [0.15, 0.2) is 52.9 Å². The van der Waals surface area contributed by atoms with E-state index in [-0.39, 0.29) is 29.3 Å². The second-order valence-electron chi connectivity index (χ2n) is 8.74. The quantitative estimate of drug-likeness (QED) is 0.200. The maximum atomic E-state index is 12.6. The topological polar surface area (TPSA) is 128 Å². The van der Waals surface area contributed by atoms with E-state index in [2.05, 4.69) is 41.3 Å². The molecule has 2 aromatic heterocycles. The number of amides is 1. The molecule has 2 heterocycles. The van der Waals surface area contributed by atoms with Crippen LogP contribution in [0.5, 0.6) is 0 Å². The Hall–Kier alpha value is -3.60. The van der Waals surface area contributed by atoms with Gasteiger partial charge in [0.1, 0.15) is 28.5 Å². The van der Waals surface area contributed by atoms with E-state index in [0.29, 0.717) is 48.7 Å². The van der Waals surface area contributed by atoms with Crippen molar-refractivity contribution < 1.29 is 4.79 Å². The van der Waals surface area contributed by atoms with E-state index in [1.165, 1.54) is 23.1 Å².